The van der Waals surface area contributed by atoms with Gasteiger partial charge in [-0.25, -0.2) is 5.43 Å². The molecule has 1 aromatic rings. The lowest BCUT2D eigenvalue weighted by Gasteiger charge is -1.94. The van der Waals surface area contributed by atoms with Crippen molar-refractivity contribution < 1.29 is 0 Å². The van der Waals surface area contributed by atoms with E-state index >= 15 is 0 Å². The molecule has 0 aromatic heterocycles. The van der Waals surface area contributed by atoms with Crippen molar-refractivity contribution in [2.24, 2.45) is 10.5 Å². The zero-order valence-electron chi connectivity index (χ0n) is 5.52. The maximum absolute atomic E-state index is 9.92. The Kier molecular flexibility index (Phi) is 2.27. The molecule has 1 rings (SSSR count). The second-order valence-electron chi connectivity index (χ2n) is 1.84. The number of benzene rings is 1. The smallest absolute Gasteiger partial charge is 0.108 e. The molecule has 1 N–H and O–H groups in total. The Bertz CT molecular complexity index is 257. The molecule has 0 heterocycles. The average molecular weight is 151 g/mol. The molecular weight excluding hydrogens is 146 g/mol. The van der Waals surface area contributed by atoms with Gasteiger partial charge < -0.3 is 0 Å². The summed E-state index contributed by atoms with van der Waals surface area (Å²) in [7, 11) is 0. The molecule has 0 fully saturated rings. The molecule has 11 heavy (non-hydrogen) atoms. The summed E-state index contributed by atoms with van der Waals surface area (Å²) in [5.41, 5.74) is 3.04. The van der Waals surface area contributed by atoms with Crippen molar-refractivity contribution in [2.45, 2.75) is 0 Å². The van der Waals surface area contributed by atoms with Crippen LogP contribution in [0, 0.1) is 9.81 Å². The lowest BCUT2D eigenvalue weighted by atomic mass is 10.3. The highest BCUT2D eigenvalue weighted by molar-refractivity contribution is 5.50. The van der Waals surface area contributed by atoms with Crippen LogP contribution in [0.15, 0.2) is 34.7 Å². The van der Waals surface area contributed by atoms with Crippen LogP contribution in [-0.2, 0) is 0 Å². The van der Waals surface area contributed by atoms with Gasteiger partial charge in [0.1, 0.15) is 5.69 Å². The van der Waals surface area contributed by atoms with Gasteiger partial charge in [-0.3, -0.25) is 0 Å². The van der Waals surface area contributed by atoms with Gasteiger partial charge in [-0.2, -0.15) is 0 Å². The first-order chi connectivity index (χ1) is 5.36. The number of nitrogens with zero attached hydrogens (tertiary/aromatic N) is 2. The molecule has 5 heteroatoms. The van der Waals surface area contributed by atoms with Crippen LogP contribution < -0.4 is 5.43 Å². The van der Waals surface area contributed by atoms with Crippen LogP contribution >= 0.6 is 0 Å². The number of rotatable bonds is 3. The summed E-state index contributed by atoms with van der Waals surface area (Å²) in [5, 5.41) is 5.14. The van der Waals surface area contributed by atoms with Crippen LogP contribution in [0.5, 0.6) is 0 Å². The summed E-state index contributed by atoms with van der Waals surface area (Å²) in [6, 6.07) is 6.05. The highest BCUT2D eigenvalue weighted by Crippen LogP contribution is 2.15. The summed E-state index contributed by atoms with van der Waals surface area (Å²) >= 11 is 0. The molecule has 0 aliphatic heterocycles. The lowest BCUT2D eigenvalue weighted by molar-refractivity contribution is 1.31. The fourth-order valence-electron chi connectivity index (χ4n) is 0.650. The van der Waals surface area contributed by atoms with Gasteiger partial charge in [0.05, 0.1) is 11.0 Å². The Morgan fingerprint density at radius 1 is 1.09 bits per heavy atom. The zero-order chi connectivity index (χ0) is 8.10. The van der Waals surface area contributed by atoms with Crippen molar-refractivity contribution in [1.82, 2.24) is 0 Å². The van der Waals surface area contributed by atoms with Gasteiger partial charge in [0.15, 0.2) is 0 Å². The Hall–Kier alpha value is -1.78. The van der Waals surface area contributed by atoms with Crippen LogP contribution in [0.3, 0.4) is 0 Å². The molecule has 0 atom stereocenters. The van der Waals surface area contributed by atoms with E-state index in [4.69, 9.17) is 0 Å². The zero-order valence-corrected chi connectivity index (χ0v) is 5.52. The van der Waals surface area contributed by atoms with Crippen LogP contribution in [0.2, 0.25) is 0 Å². The third-order valence-corrected chi connectivity index (χ3v) is 1.15. The molecule has 0 amide bonds. The lowest BCUT2D eigenvalue weighted by Crippen LogP contribution is -1.83. The number of hydrogen-bond acceptors (Lipinski definition) is 4. The molecule has 0 bridgehead atoms. The monoisotopic (exact) mass is 151 g/mol. The number of nitrogens with one attached hydrogen (secondary N) is 1. The summed E-state index contributed by atoms with van der Waals surface area (Å²) in [6.45, 7) is 0. The van der Waals surface area contributed by atoms with Crippen molar-refractivity contribution in [1.29, 1.82) is 0 Å². The number of hydrogen-bond donors (Lipinski definition) is 1. The predicted molar refractivity (Wildman–Crippen MR) is 41.3 cm³/mol. The topological polar surface area (TPSA) is 70.9 Å². The van der Waals surface area contributed by atoms with Crippen molar-refractivity contribution in [3.05, 3.63) is 34.1 Å². The van der Waals surface area contributed by atoms with Crippen LogP contribution in [-0.4, -0.2) is 0 Å². The van der Waals surface area contributed by atoms with E-state index in [1.165, 1.54) is 24.3 Å². The van der Waals surface area contributed by atoms with Gasteiger partial charge in [0.25, 0.3) is 0 Å². The molecule has 0 saturated carbocycles. The number of nitroso groups, excluding NO2 is 2. The third-order valence-electron chi connectivity index (χ3n) is 1.15. The molecule has 0 unspecified atom stereocenters. The van der Waals surface area contributed by atoms with E-state index in [0.29, 0.717) is 11.4 Å². The first-order valence-corrected chi connectivity index (χ1v) is 2.88. The maximum atomic E-state index is 9.92. The predicted octanol–water partition coefficient (Wildman–Crippen LogP) is 2.18. The van der Waals surface area contributed by atoms with Gasteiger partial charge in [0.2, 0.25) is 0 Å². The Labute approximate surface area is 62.3 Å². The minimum atomic E-state index is 0.321. The molecule has 0 radical (unpaired) electrons. The fraction of sp³-hybridized carbons (Fsp3) is 0. The van der Waals surface area contributed by atoms with Gasteiger partial charge in [0, 0.05) is 0 Å². The maximum Gasteiger partial charge on any atom is 0.108 e. The molecule has 0 spiro atoms. The molecule has 1 aromatic carbocycles. The first kappa shape index (κ1) is 7.33. The number of anilines is 1. The quantitative estimate of drug-likeness (QED) is 0.531. The Morgan fingerprint density at radius 2 is 1.73 bits per heavy atom. The van der Waals surface area contributed by atoms with E-state index in [1.54, 1.807) is 0 Å². The van der Waals surface area contributed by atoms with Gasteiger partial charge in [-0.05, 0) is 29.4 Å². The van der Waals surface area contributed by atoms with E-state index in [9.17, 15) is 9.81 Å². The minimum absolute atomic E-state index is 0.321. The Balaban J connectivity index is 2.81. The van der Waals surface area contributed by atoms with E-state index in [1.807, 2.05) is 0 Å². The summed E-state index contributed by atoms with van der Waals surface area (Å²) in [5.74, 6) is 0. The normalized spacial score (nSPS) is 8.73. The van der Waals surface area contributed by atoms with Crippen molar-refractivity contribution in [3.8, 4) is 0 Å². The molecular formula is C6H5N3O2. The van der Waals surface area contributed by atoms with E-state index in [-0.39, 0.29) is 0 Å². The van der Waals surface area contributed by atoms with Gasteiger partial charge >= 0.3 is 0 Å². The molecule has 0 aliphatic rings. The van der Waals surface area contributed by atoms with Gasteiger partial charge in [-0.1, -0.05) is 0 Å². The highest BCUT2D eigenvalue weighted by atomic mass is 16.3. The van der Waals surface area contributed by atoms with Gasteiger partial charge in [-0.15, -0.1) is 9.81 Å². The van der Waals surface area contributed by atoms with Crippen molar-refractivity contribution in [2.75, 3.05) is 5.43 Å². The molecule has 0 aliphatic carbocycles. The van der Waals surface area contributed by atoms with Crippen LogP contribution in [0.25, 0.3) is 0 Å². The van der Waals surface area contributed by atoms with E-state index in [0.717, 1.165) is 0 Å². The summed E-state index contributed by atoms with van der Waals surface area (Å²) in [6.07, 6.45) is 0. The fourth-order valence-corrected chi connectivity index (χ4v) is 0.650. The molecule has 5 nitrogen and oxygen atoms in total. The third kappa shape index (κ3) is 1.82. The van der Waals surface area contributed by atoms with Crippen molar-refractivity contribution >= 4 is 11.4 Å². The molecule has 56 valence electrons. The summed E-state index contributed by atoms with van der Waals surface area (Å²) in [4.78, 5) is 19.6. The highest BCUT2D eigenvalue weighted by Gasteiger charge is 1.91. The SMILES string of the molecule is O=NNc1ccc(N=O)cc1. The van der Waals surface area contributed by atoms with Crippen molar-refractivity contribution in [3.63, 3.8) is 0 Å². The summed E-state index contributed by atoms with van der Waals surface area (Å²) < 4.78 is 0. The molecule has 0 saturated heterocycles. The van der Waals surface area contributed by atoms with E-state index in [2.05, 4.69) is 15.9 Å². The largest absolute Gasteiger partial charge is 0.242 e. The van der Waals surface area contributed by atoms with Crippen LogP contribution in [0.1, 0.15) is 0 Å². The van der Waals surface area contributed by atoms with E-state index < -0.39 is 0 Å². The standard InChI is InChI=1S/C6H5N3O2/c10-8-6-3-1-5(2-4-6)7-9-11/h1-4H,(H,7,11). The first-order valence-electron chi connectivity index (χ1n) is 2.88. The second-order valence-corrected chi connectivity index (χ2v) is 1.84. The second kappa shape index (κ2) is 3.40. The average Bonchev–Trinajstić information content (AvgIpc) is 2.07. The van der Waals surface area contributed by atoms with Crippen LogP contribution in [0.4, 0.5) is 11.4 Å². The minimum Gasteiger partial charge on any atom is -0.242 e. The Morgan fingerprint density at radius 3 is 2.18 bits per heavy atom.